The third kappa shape index (κ3) is 3.61. The van der Waals surface area contributed by atoms with Gasteiger partial charge in [-0.1, -0.05) is 18.2 Å². The highest BCUT2D eigenvalue weighted by Crippen LogP contribution is 2.32. The van der Waals surface area contributed by atoms with Crippen LogP contribution in [0.3, 0.4) is 0 Å². The Morgan fingerprint density at radius 2 is 2.17 bits per heavy atom. The van der Waals surface area contributed by atoms with E-state index in [2.05, 4.69) is 11.1 Å². The van der Waals surface area contributed by atoms with Crippen LogP contribution >= 0.6 is 11.3 Å². The number of aromatic nitrogens is 2. The predicted molar refractivity (Wildman–Crippen MR) is 109 cm³/mol. The van der Waals surface area contributed by atoms with Crippen molar-refractivity contribution in [2.75, 3.05) is 18.0 Å². The van der Waals surface area contributed by atoms with Gasteiger partial charge in [-0.3, -0.25) is 9.36 Å². The second-order valence-electron chi connectivity index (χ2n) is 7.09. The molecule has 3 heterocycles. The Morgan fingerprint density at radius 3 is 2.90 bits per heavy atom. The number of hydrogen-bond donors (Lipinski definition) is 1. The molecule has 1 saturated heterocycles. The van der Waals surface area contributed by atoms with Crippen LogP contribution in [0.15, 0.2) is 34.4 Å². The van der Waals surface area contributed by atoms with Crippen LogP contribution in [0.1, 0.15) is 36.0 Å². The highest BCUT2D eigenvalue weighted by molar-refractivity contribution is 7.17. The van der Waals surface area contributed by atoms with Crippen LogP contribution in [0.25, 0.3) is 10.2 Å². The second kappa shape index (κ2) is 7.89. The number of benzene rings is 1. The number of nitrogens with zero attached hydrogens (tertiary/aromatic N) is 4. The Balaban J connectivity index is 1.91. The van der Waals surface area contributed by atoms with Crippen LogP contribution in [-0.2, 0) is 6.54 Å². The van der Waals surface area contributed by atoms with Crippen molar-refractivity contribution in [3.63, 3.8) is 0 Å². The van der Waals surface area contributed by atoms with Gasteiger partial charge in [-0.25, -0.2) is 13.8 Å². The number of anilines is 1. The molecule has 4 rings (SSSR count). The van der Waals surface area contributed by atoms with Crippen LogP contribution < -0.4 is 16.2 Å². The minimum Gasteiger partial charge on any atom is -0.341 e. The fourth-order valence-corrected chi connectivity index (χ4v) is 4.62. The molecule has 9 heteroatoms. The quantitative estimate of drug-likeness (QED) is 0.707. The summed E-state index contributed by atoms with van der Waals surface area (Å²) in [6, 6.07) is 9.07. The summed E-state index contributed by atoms with van der Waals surface area (Å²) < 4.78 is 28.5. The van der Waals surface area contributed by atoms with Gasteiger partial charge in [0.05, 0.1) is 29.3 Å². The Labute approximate surface area is 169 Å². The van der Waals surface area contributed by atoms with Gasteiger partial charge in [-0.2, -0.15) is 5.26 Å². The topological polar surface area (TPSA) is 87.9 Å². The SMILES string of the molecule is N#Cc1ccccc1Cn1c(N2CCC[C@@H](N)C2)nc2c(C(F)F)csc2c1=O. The molecule has 0 unspecified atom stereocenters. The Morgan fingerprint density at radius 1 is 1.38 bits per heavy atom. The minimum atomic E-state index is -2.71. The molecule has 6 nitrogen and oxygen atoms in total. The monoisotopic (exact) mass is 415 g/mol. The van der Waals surface area contributed by atoms with Gasteiger partial charge in [0.15, 0.2) is 0 Å². The van der Waals surface area contributed by atoms with Gasteiger partial charge in [0.25, 0.3) is 12.0 Å². The average molecular weight is 415 g/mol. The van der Waals surface area contributed by atoms with E-state index in [9.17, 15) is 18.8 Å². The molecule has 150 valence electrons. The maximum atomic E-state index is 13.4. The third-order valence-electron chi connectivity index (χ3n) is 5.13. The van der Waals surface area contributed by atoms with Crippen LogP contribution in [0.5, 0.6) is 0 Å². The summed E-state index contributed by atoms with van der Waals surface area (Å²) in [6.07, 6.45) is -1.02. The lowest BCUT2D eigenvalue weighted by Gasteiger charge is -2.33. The van der Waals surface area contributed by atoms with E-state index in [1.807, 2.05) is 4.90 Å². The van der Waals surface area contributed by atoms with Gasteiger partial charge >= 0.3 is 0 Å². The van der Waals surface area contributed by atoms with E-state index >= 15 is 0 Å². The summed E-state index contributed by atoms with van der Waals surface area (Å²) in [5.74, 6) is 0.325. The normalized spacial score (nSPS) is 17.1. The number of rotatable bonds is 4. The van der Waals surface area contributed by atoms with E-state index in [0.717, 1.165) is 24.2 Å². The first kappa shape index (κ1) is 19.5. The van der Waals surface area contributed by atoms with Gasteiger partial charge in [-0.15, -0.1) is 11.3 Å². The van der Waals surface area contributed by atoms with Gasteiger partial charge < -0.3 is 10.6 Å². The molecular weight excluding hydrogens is 396 g/mol. The van der Waals surface area contributed by atoms with Crippen molar-refractivity contribution in [1.29, 1.82) is 5.26 Å². The van der Waals surface area contributed by atoms with Crippen molar-refractivity contribution < 1.29 is 8.78 Å². The predicted octanol–water partition coefficient (Wildman–Crippen LogP) is 3.24. The van der Waals surface area contributed by atoms with Gasteiger partial charge in [-0.05, 0) is 24.5 Å². The smallest absolute Gasteiger partial charge is 0.273 e. The Kier molecular flexibility index (Phi) is 5.30. The average Bonchev–Trinajstić information content (AvgIpc) is 3.15. The van der Waals surface area contributed by atoms with Crippen LogP contribution in [0.2, 0.25) is 0 Å². The van der Waals surface area contributed by atoms with Crippen molar-refractivity contribution in [1.82, 2.24) is 9.55 Å². The van der Waals surface area contributed by atoms with E-state index in [-0.39, 0.29) is 33.9 Å². The molecule has 0 amide bonds. The van der Waals surface area contributed by atoms with Gasteiger partial charge in [0, 0.05) is 24.5 Å². The summed E-state index contributed by atoms with van der Waals surface area (Å²) in [7, 11) is 0. The Bertz CT molecular complexity index is 1150. The highest BCUT2D eigenvalue weighted by Gasteiger charge is 2.26. The van der Waals surface area contributed by atoms with Crippen molar-refractivity contribution in [2.45, 2.75) is 31.9 Å². The number of thiophene rings is 1. The zero-order chi connectivity index (χ0) is 20.5. The number of nitrogens with two attached hydrogens (primary N) is 1. The minimum absolute atomic E-state index is 0.0500. The van der Waals surface area contributed by atoms with E-state index in [4.69, 9.17) is 5.73 Å². The lowest BCUT2D eigenvalue weighted by Crippen LogP contribution is -2.45. The van der Waals surface area contributed by atoms with Crippen molar-refractivity contribution in [3.05, 3.63) is 56.7 Å². The number of nitriles is 1. The van der Waals surface area contributed by atoms with Gasteiger partial charge in [0.2, 0.25) is 5.95 Å². The molecule has 1 fully saturated rings. The molecule has 1 aliphatic heterocycles. The summed E-state index contributed by atoms with van der Waals surface area (Å²) in [4.78, 5) is 19.7. The number of fused-ring (bicyclic) bond motifs is 1. The summed E-state index contributed by atoms with van der Waals surface area (Å²) in [5, 5.41) is 10.7. The van der Waals surface area contributed by atoms with E-state index in [0.29, 0.717) is 30.2 Å². The fraction of sp³-hybridized carbons (Fsp3) is 0.350. The van der Waals surface area contributed by atoms with Gasteiger partial charge in [0.1, 0.15) is 4.70 Å². The maximum Gasteiger partial charge on any atom is 0.273 e. The number of hydrogen-bond acceptors (Lipinski definition) is 6. The zero-order valence-corrected chi connectivity index (χ0v) is 16.3. The maximum absolute atomic E-state index is 13.4. The lowest BCUT2D eigenvalue weighted by atomic mass is 10.1. The number of piperidine rings is 1. The fourth-order valence-electron chi connectivity index (χ4n) is 3.67. The molecule has 1 aliphatic rings. The van der Waals surface area contributed by atoms with Crippen molar-refractivity contribution in [3.8, 4) is 6.07 Å². The molecular formula is C20H19F2N5OS. The number of halogens is 2. The first-order chi connectivity index (χ1) is 14.0. The molecule has 29 heavy (non-hydrogen) atoms. The van der Waals surface area contributed by atoms with E-state index in [1.54, 1.807) is 24.3 Å². The summed E-state index contributed by atoms with van der Waals surface area (Å²) in [5.41, 5.74) is 6.67. The molecule has 1 atom stereocenters. The molecule has 1 aromatic carbocycles. The van der Waals surface area contributed by atoms with Crippen LogP contribution in [0, 0.1) is 11.3 Å². The lowest BCUT2D eigenvalue weighted by molar-refractivity contribution is 0.153. The van der Waals surface area contributed by atoms with E-state index in [1.165, 1.54) is 9.95 Å². The zero-order valence-electron chi connectivity index (χ0n) is 15.5. The summed E-state index contributed by atoms with van der Waals surface area (Å²) in [6.45, 7) is 1.26. The molecule has 0 spiro atoms. The number of alkyl halides is 2. The molecule has 0 radical (unpaired) electrons. The largest absolute Gasteiger partial charge is 0.341 e. The van der Waals surface area contributed by atoms with Crippen LogP contribution in [0.4, 0.5) is 14.7 Å². The van der Waals surface area contributed by atoms with Crippen molar-refractivity contribution >= 4 is 27.5 Å². The third-order valence-corrected chi connectivity index (χ3v) is 6.10. The second-order valence-corrected chi connectivity index (χ2v) is 7.97. The summed E-state index contributed by atoms with van der Waals surface area (Å²) >= 11 is 0.975. The first-order valence-corrected chi connectivity index (χ1v) is 10.2. The highest BCUT2D eigenvalue weighted by atomic mass is 32.1. The molecule has 2 N–H and O–H groups in total. The molecule has 0 bridgehead atoms. The standard InChI is InChI=1S/C20H19F2N5OS/c21-18(22)15-11-29-17-16(15)25-20(26-7-3-6-14(24)10-26)27(19(17)28)9-13-5-2-1-4-12(13)8-23/h1-2,4-5,11,14,18H,3,6-7,9-10,24H2/t14-/m1/s1. The Hall–Kier alpha value is -2.83. The van der Waals surface area contributed by atoms with E-state index < -0.39 is 6.43 Å². The molecule has 3 aromatic rings. The first-order valence-electron chi connectivity index (χ1n) is 9.28. The molecule has 0 aliphatic carbocycles. The van der Waals surface area contributed by atoms with Crippen molar-refractivity contribution in [2.24, 2.45) is 5.73 Å². The molecule has 2 aromatic heterocycles. The van der Waals surface area contributed by atoms with Crippen LogP contribution in [-0.4, -0.2) is 28.7 Å². The molecule has 0 saturated carbocycles.